The molecule has 4 nitrogen and oxygen atoms in total. The molecule has 2 rings (SSSR count). The number of hydrogen-bond acceptors (Lipinski definition) is 4. The summed E-state index contributed by atoms with van der Waals surface area (Å²) in [7, 11) is 1.71. The summed E-state index contributed by atoms with van der Waals surface area (Å²) in [6, 6.07) is 5.59. The number of halogens is 1. The first-order valence-corrected chi connectivity index (χ1v) is 7.28. The van der Waals surface area contributed by atoms with Gasteiger partial charge in [-0.25, -0.2) is 8.42 Å². The van der Waals surface area contributed by atoms with Crippen LogP contribution in [0.1, 0.15) is 11.1 Å². The van der Waals surface area contributed by atoms with Crippen LogP contribution in [0.5, 0.6) is 5.75 Å². The molecule has 0 atom stereocenters. The number of rotatable bonds is 3. The lowest BCUT2D eigenvalue weighted by atomic mass is 10.1. The third kappa shape index (κ3) is 2.87. The number of ether oxygens (including phenoxy) is 2. The van der Waals surface area contributed by atoms with Gasteiger partial charge in [-0.1, -0.05) is 18.2 Å². The van der Waals surface area contributed by atoms with E-state index in [9.17, 15) is 8.42 Å². The zero-order valence-corrected chi connectivity index (χ0v) is 10.1. The molecule has 0 N–H and O–H groups in total. The number of para-hydroxylation sites is 1. The van der Waals surface area contributed by atoms with Crippen LogP contribution in [-0.4, -0.2) is 21.0 Å². The van der Waals surface area contributed by atoms with Crippen molar-refractivity contribution in [2.45, 2.75) is 13.0 Å². The van der Waals surface area contributed by atoms with E-state index in [0.717, 1.165) is 16.9 Å². The van der Waals surface area contributed by atoms with Gasteiger partial charge in [-0.3, -0.25) is 0 Å². The monoisotopic (exact) mass is 262 g/mol. The second-order valence-electron chi connectivity index (χ2n) is 3.51. The highest BCUT2D eigenvalue weighted by Crippen LogP contribution is 2.28. The fourth-order valence-corrected chi connectivity index (χ4v) is 2.31. The Balaban J connectivity index is 2.21. The maximum Gasteiger partial charge on any atom is 0.232 e. The highest BCUT2D eigenvalue weighted by molar-refractivity contribution is 8.13. The molecule has 0 saturated carbocycles. The fourth-order valence-electron chi connectivity index (χ4n) is 1.62. The predicted molar refractivity (Wildman–Crippen MR) is 60.1 cm³/mol. The number of aryl methyl sites for hydroxylation is 1. The van der Waals surface area contributed by atoms with Gasteiger partial charge in [0.05, 0.1) is 12.4 Å². The zero-order chi connectivity index (χ0) is 11.6. The Morgan fingerprint density at radius 2 is 2.19 bits per heavy atom. The largest absolute Gasteiger partial charge is 0.467 e. The molecule has 0 aromatic heterocycles. The molecular formula is C10H11ClO4S. The van der Waals surface area contributed by atoms with Crippen molar-refractivity contribution in [3.63, 3.8) is 0 Å². The third-order valence-corrected chi connectivity index (χ3v) is 3.49. The summed E-state index contributed by atoms with van der Waals surface area (Å²) in [6.45, 7) is 0.703. The summed E-state index contributed by atoms with van der Waals surface area (Å²) in [5.41, 5.74) is 1.79. The first-order valence-electron chi connectivity index (χ1n) is 4.80. The first-order chi connectivity index (χ1) is 7.56. The first kappa shape index (κ1) is 11.7. The van der Waals surface area contributed by atoms with Crippen LogP contribution >= 0.6 is 10.7 Å². The van der Waals surface area contributed by atoms with E-state index in [1.54, 1.807) is 0 Å². The van der Waals surface area contributed by atoms with Crippen molar-refractivity contribution >= 4 is 19.7 Å². The van der Waals surface area contributed by atoms with E-state index in [4.69, 9.17) is 20.2 Å². The molecule has 0 aliphatic carbocycles. The maximum absolute atomic E-state index is 10.9. The molecule has 0 amide bonds. The average Bonchev–Trinajstić information content (AvgIpc) is 2.25. The van der Waals surface area contributed by atoms with Gasteiger partial charge in [0.25, 0.3) is 0 Å². The van der Waals surface area contributed by atoms with Gasteiger partial charge in [0.2, 0.25) is 9.05 Å². The maximum atomic E-state index is 10.9. The van der Waals surface area contributed by atoms with Crippen molar-refractivity contribution in [1.82, 2.24) is 0 Å². The molecule has 1 heterocycles. The second kappa shape index (κ2) is 4.61. The molecule has 1 aromatic rings. The van der Waals surface area contributed by atoms with E-state index in [2.05, 4.69) is 0 Å². The van der Waals surface area contributed by atoms with Gasteiger partial charge >= 0.3 is 0 Å². The van der Waals surface area contributed by atoms with Crippen LogP contribution in [-0.2, 0) is 26.8 Å². The van der Waals surface area contributed by atoms with Gasteiger partial charge < -0.3 is 9.47 Å². The molecule has 0 saturated heterocycles. The Labute approximate surface area is 98.5 Å². The number of hydrogen-bond donors (Lipinski definition) is 0. The highest BCUT2D eigenvalue weighted by atomic mass is 35.7. The van der Waals surface area contributed by atoms with Crippen molar-refractivity contribution in [2.24, 2.45) is 0 Å². The fraction of sp³-hybridized carbons (Fsp3) is 0.400. The van der Waals surface area contributed by atoms with Gasteiger partial charge in [-0.05, 0) is 12.0 Å². The summed E-state index contributed by atoms with van der Waals surface area (Å²) in [4.78, 5) is 0. The lowest BCUT2D eigenvalue weighted by Crippen LogP contribution is -2.14. The molecule has 1 aliphatic rings. The van der Waals surface area contributed by atoms with Crippen molar-refractivity contribution in [2.75, 3.05) is 12.5 Å². The summed E-state index contributed by atoms with van der Waals surface area (Å²) < 4.78 is 32.2. The minimum absolute atomic E-state index is 0.0881. The van der Waals surface area contributed by atoms with Crippen LogP contribution in [0.15, 0.2) is 18.2 Å². The van der Waals surface area contributed by atoms with Gasteiger partial charge in [0.1, 0.15) is 5.75 Å². The second-order valence-corrected chi connectivity index (χ2v) is 6.41. The van der Waals surface area contributed by atoms with E-state index in [0.29, 0.717) is 13.0 Å². The summed E-state index contributed by atoms with van der Waals surface area (Å²) >= 11 is 0. The molecule has 0 unspecified atom stereocenters. The number of benzene rings is 1. The molecule has 0 bridgehead atoms. The normalized spacial score (nSPS) is 15.3. The van der Waals surface area contributed by atoms with Gasteiger partial charge in [0.15, 0.2) is 6.79 Å². The molecule has 16 heavy (non-hydrogen) atoms. The van der Waals surface area contributed by atoms with E-state index >= 15 is 0 Å². The van der Waals surface area contributed by atoms with Crippen LogP contribution in [0.2, 0.25) is 0 Å². The number of fused-ring (bicyclic) bond motifs is 1. The lowest BCUT2D eigenvalue weighted by molar-refractivity contribution is -0.0169. The third-order valence-electron chi connectivity index (χ3n) is 2.34. The molecular weight excluding hydrogens is 252 g/mol. The Hall–Kier alpha value is -0.780. The van der Waals surface area contributed by atoms with E-state index in [-0.39, 0.29) is 12.5 Å². The Bertz CT molecular complexity index is 484. The van der Waals surface area contributed by atoms with E-state index < -0.39 is 9.05 Å². The molecule has 0 spiro atoms. The van der Waals surface area contributed by atoms with Crippen LogP contribution in [0.4, 0.5) is 0 Å². The zero-order valence-electron chi connectivity index (χ0n) is 8.48. The molecule has 0 radical (unpaired) electrons. The summed E-state index contributed by atoms with van der Waals surface area (Å²) in [5, 5.41) is 0. The molecule has 6 heteroatoms. The average molecular weight is 263 g/mol. The molecule has 0 fully saturated rings. The Morgan fingerprint density at radius 3 is 2.94 bits per heavy atom. The standard InChI is InChI=1S/C10H11ClO4S/c11-16(12,13)5-4-8-2-1-3-9-6-14-7-15-10(8)9/h1-3H,4-7H2. The Morgan fingerprint density at radius 1 is 1.38 bits per heavy atom. The van der Waals surface area contributed by atoms with Crippen LogP contribution < -0.4 is 4.74 Å². The topological polar surface area (TPSA) is 52.6 Å². The van der Waals surface area contributed by atoms with Crippen molar-refractivity contribution < 1.29 is 17.9 Å². The highest BCUT2D eigenvalue weighted by Gasteiger charge is 2.16. The van der Waals surface area contributed by atoms with Crippen LogP contribution in [0.3, 0.4) is 0 Å². The summed E-state index contributed by atoms with van der Waals surface area (Å²) in [5.74, 6) is 0.643. The SMILES string of the molecule is O=S(=O)(Cl)CCc1cccc2c1OCOC2. The van der Waals surface area contributed by atoms with Crippen LogP contribution in [0.25, 0.3) is 0 Å². The van der Waals surface area contributed by atoms with Crippen molar-refractivity contribution in [3.05, 3.63) is 29.3 Å². The molecule has 1 aliphatic heterocycles. The van der Waals surface area contributed by atoms with Crippen molar-refractivity contribution in [1.29, 1.82) is 0 Å². The summed E-state index contributed by atoms with van der Waals surface area (Å²) in [6.07, 6.45) is 0.356. The molecule has 88 valence electrons. The predicted octanol–water partition coefficient (Wildman–Crippen LogP) is 1.66. The van der Waals surface area contributed by atoms with Gasteiger partial charge in [0, 0.05) is 16.2 Å². The van der Waals surface area contributed by atoms with Crippen LogP contribution in [0, 0.1) is 0 Å². The van der Waals surface area contributed by atoms with Gasteiger partial charge in [-0.2, -0.15) is 0 Å². The van der Waals surface area contributed by atoms with E-state index in [1.165, 1.54) is 0 Å². The smallest absolute Gasteiger partial charge is 0.232 e. The van der Waals surface area contributed by atoms with Gasteiger partial charge in [-0.15, -0.1) is 0 Å². The molecule has 1 aromatic carbocycles. The quantitative estimate of drug-likeness (QED) is 0.778. The van der Waals surface area contributed by atoms with E-state index in [1.807, 2.05) is 18.2 Å². The lowest BCUT2D eigenvalue weighted by Gasteiger charge is -2.20. The minimum atomic E-state index is -3.46. The Kier molecular flexibility index (Phi) is 3.37. The minimum Gasteiger partial charge on any atom is -0.467 e. The van der Waals surface area contributed by atoms with Crippen molar-refractivity contribution in [3.8, 4) is 5.75 Å².